The number of aryl methyl sites for hydroxylation is 1. The summed E-state index contributed by atoms with van der Waals surface area (Å²) in [6.07, 6.45) is 0.688. The van der Waals surface area contributed by atoms with E-state index in [9.17, 15) is 9.18 Å². The van der Waals surface area contributed by atoms with Crippen LogP contribution in [0.1, 0.15) is 16.2 Å². The van der Waals surface area contributed by atoms with Crippen LogP contribution in [-0.2, 0) is 13.5 Å². The first-order chi connectivity index (χ1) is 13.4. The highest BCUT2D eigenvalue weighted by Crippen LogP contribution is 2.25. The van der Waals surface area contributed by atoms with E-state index < -0.39 is 0 Å². The number of amides is 1. The van der Waals surface area contributed by atoms with Crippen molar-refractivity contribution in [3.63, 3.8) is 0 Å². The predicted molar refractivity (Wildman–Crippen MR) is 108 cm³/mol. The lowest BCUT2D eigenvalue weighted by molar-refractivity contribution is 0.0779. The fourth-order valence-corrected chi connectivity index (χ4v) is 3.31. The number of methoxy groups -OCH3 is 1. The van der Waals surface area contributed by atoms with Gasteiger partial charge in [-0.15, -0.1) is 0 Å². The lowest BCUT2D eigenvalue weighted by Gasteiger charge is -2.16. The summed E-state index contributed by atoms with van der Waals surface area (Å²) in [4.78, 5) is 18.7. The number of nitrogens with zero attached hydrogens (tertiary/aromatic N) is 4. The van der Waals surface area contributed by atoms with Gasteiger partial charge in [0, 0.05) is 26.2 Å². The van der Waals surface area contributed by atoms with Crippen LogP contribution < -0.4 is 4.74 Å². The molecule has 0 unspecified atom stereocenters. The van der Waals surface area contributed by atoms with E-state index in [1.54, 1.807) is 38.2 Å². The van der Waals surface area contributed by atoms with Gasteiger partial charge in [0.15, 0.2) is 5.82 Å². The highest BCUT2D eigenvalue weighted by molar-refractivity contribution is 9.10. The van der Waals surface area contributed by atoms with Gasteiger partial charge in [-0.1, -0.05) is 6.07 Å². The molecule has 0 aliphatic rings. The van der Waals surface area contributed by atoms with E-state index in [4.69, 9.17) is 4.74 Å². The second-order valence-electron chi connectivity index (χ2n) is 6.34. The number of carbonyl (C=O) groups excluding carboxylic acids is 1. The molecular formula is C20H20BrFN4O2. The second kappa shape index (κ2) is 8.52. The lowest BCUT2D eigenvalue weighted by Crippen LogP contribution is -2.31. The van der Waals surface area contributed by atoms with E-state index in [2.05, 4.69) is 26.0 Å². The zero-order valence-electron chi connectivity index (χ0n) is 15.8. The highest BCUT2D eigenvalue weighted by atomic mass is 79.9. The Kier molecular flexibility index (Phi) is 6.08. The number of rotatable bonds is 6. The minimum absolute atomic E-state index is 0.226. The van der Waals surface area contributed by atoms with Crippen molar-refractivity contribution in [2.24, 2.45) is 7.05 Å². The molecule has 8 heteroatoms. The molecule has 0 radical (unpaired) electrons. The molecule has 1 amide bonds. The molecule has 2 aromatic carbocycles. The first-order valence-corrected chi connectivity index (χ1v) is 9.43. The van der Waals surface area contributed by atoms with Gasteiger partial charge in [0.05, 0.1) is 11.6 Å². The van der Waals surface area contributed by atoms with Crippen LogP contribution in [0.15, 0.2) is 46.9 Å². The molecule has 0 saturated carbocycles. The normalized spacial score (nSPS) is 10.8. The van der Waals surface area contributed by atoms with Gasteiger partial charge in [0.2, 0.25) is 5.82 Å². The molecule has 0 aliphatic heterocycles. The quantitative estimate of drug-likeness (QED) is 0.578. The van der Waals surface area contributed by atoms with Crippen molar-refractivity contribution in [3.8, 4) is 17.1 Å². The third-order valence-electron chi connectivity index (χ3n) is 4.36. The molecule has 0 atom stereocenters. The summed E-state index contributed by atoms with van der Waals surface area (Å²) in [5.74, 6) is 0.827. The molecule has 1 heterocycles. The monoisotopic (exact) mass is 446 g/mol. The first kappa shape index (κ1) is 20.0. The van der Waals surface area contributed by atoms with E-state index >= 15 is 0 Å². The third kappa shape index (κ3) is 4.39. The fourth-order valence-electron chi connectivity index (χ4n) is 2.73. The van der Waals surface area contributed by atoms with Crippen LogP contribution in [-0.4, -0.2) is 46.3 Å². The number of ether oxygens (including phenoxy) is 1. The van der Waals surface area contributed by atoms with E-state index in [0.717, 1.165) is 15.8 Å². The summed E-state index contributed by atoms with van der Waals surface area (Å²) in [6.45, 7) is 0.524. The number of aromatic nitrogens is 3. The molecule has 0 aliphatic carbocycles. The Morgan fingerprint density at radius 2 is 1.96 bits per heavy atom. The van der Waals surface area contributed by atoms with E-state index in [1.165, 1.54) is 16.8 Å². The van der Waals surface area contributed by atoms with Crippen LogP contribution in [0, 0.1) is 5.82 Å². The van der Waals surface area contributed by atoms with Crippen molar-refractivity contribution in [3.05, 3.63) is 64.1 Å². The summed E-state index contributed by atoms with van der Waals surface area (Å²) < 4.78 is 20.6. The zero-order chi connectivity index (χ0) is 20.3. The van der Waals surface area contributed by atoms with Crippen LogP contribution in [0.2, 0.25) is 0 Å². The maximum Gasteiger partial charge on any atom is 0.291 e. The van der Waals surface area contributed by atoms with Gasteiger partial charge in [-0.3, -0.25) is 4.79 Å². The Hall–Kier alpha value is -2.74. The number of hydrogen-bond acceptors (Lipinski definition) is 4. The molecular weight excluding hydrogens is 427 g/mol. The highest BCUT2D eigenvalue weighted by Gasteiger charge is 2.20. The van der Waals surface area contributed by atoms with Gasteiger partial charge in [-0.25, -0.2) is 14.1 Å². The van der Waals surface area contributed by atoms with Gasteiger partial charge < -0.3 is 9.64 Å². The molecule has 3 aromatic rings. The summed E-state index contributed by atoms with van der Waals surface area (Å²) in [7, 11) is 5.02. The number of likely N-dealkylation sites (N-methyl/N-ethyl adjacent to an activating group) is 1. The fraction of sp³-hybridized carbons (Fsp3) is 0.250. The number of halogens is 2. The van der Waals surface area contributed by atoms with Crippen LogP contribution in [0.25, 0.3) is 11.4 Å². The average Bonchev–Trinajstić information content (AvgIpc) is 3.07. The third-order valence-corrected chi connectivity index (χ3v) is 4.98. The largest absolute Gasteiger partial charge is 0.496 e. The standard InChI is InChI=1S/C20H20BrFN4O2/c1-25(11-10-13-4-9-17(28-3)16(21)12-13)20(27)19-23-18(24-26(19)2)14-5-7-15(22)8-6-14/h4-9,12H,10-11H2,1-3H3. The summed E-state index contributed by atoms with van der Waals surface area (Å²) >= 11 is 3.47. The van der Waals surface area contributed by atoms with Crippen molar-refractivity contribution in [2.45, 2.75) is 6.42 Å². The van der Waals surface area contributed by atoms with Gasteiger partial charge in [0.1, 0.15) is 11.6 Å². The van der Waals surface area contributed by atoms with Gasteiger partial charge in [-0.05, 0) is 64.3 Å². The van der Waals surface area contributed by atoms with Crippen molar-refractivity contribution in [1.82, 2.24) is 19.7 Å². The topological polar surface area (TPSA) is 60.2 Å². The van der Waals surface area contributed by atoms with Crippen molar-refractivity contribution >= 4 is 21.8 Å². The second-order valence-corrected chi connectivity index (χ2v) is 7.19. The van der Waals surface area contributed by atoms with Gasteiger partial charge >= 0.3 is 0 Å². The van der Waals surface area contributed by atoms with Crippen LogP contribution in [0.5, 0.6) is 5.75 Å². The maximum atomic E-state index is 13.1. The first-order valence-electron chi connectivity index (χ1n) is 8.64. The molecule has 28 heavy (non-hydrogen) atoms. The zero-order valence-corrected chi connectivity index (χ0v) is 17.4. The predicted octanol–water partition coefficient (Wildman–Crippen LogP) is 3.71. The molecule has 3 rings (SSSR count). The van der Waals surface area contributed by atoms with Crippen LogP contribution in [0.3, 0.4) is 0 Å². The number of benzene rings is 2. The van der Waals surface area contributed by atoms with Crippen LogP contribution in [0.4, 0.5) is 4.39 Å². The van der Waals surface area contributed by atoms with E-state index in [1.807, 2.05) is 18.2 Å². The van der Waals surface area contributed by atoms with Crippen LogP contribution >= 0.6 is 15.9 Å². The molecule has 0 saturated heterocycles. The Morgan fingerprint density at radius 1 is 1.25 bits per heavy atom. The summed E-state index contributed by atoms with van der Waals surface area (Å²) in [5.41, 5.74) is 1.74. The minimum atomic E-state index is -0.333. The number of carbonyl (C=O) groups is 1. The smallest absolute Gasteiger partial charge is 0.291 e. The number of hydrogen-bond donors (Lipinski definition) is 0. The van der Waals surface area contributed by atoms with E-state index in [0.29, 0.717) is 24.4 Å². The molecule has 1 aromatic heterocycles. The molecule has 0 N–H and O–H groups in total. The Morgan fingerprint density at radius 3 is 2.61 bits per heavy atom. The lowest BCUT2D eigenvalue weighted by atomic mass is 10.1. The molecule has 6 nitrogen and oxygen atoms in total. The van der Waals surface area contributed by atoms with Crippen molar-refractivity contribution in [2.75, 3.05) is 20.7 Å². The minimum Gasteiger partial charge on any atom is -0.496 e. The summed E-state index contributed by atoms with van der Waals surface area (Å²) in [6, 6.07) is 11.7. The molecule has 0 bridgehead atoms. The Bertz CT molecular complexity index is 988. The maximum absolute atomic E-state index is 13.1. The summed E-state index contributed by atoms with van der Waals surface area (Å²) in [5, 5.41) is 4.28. The van der Waals surface area contributed by atoms with Crippen molar-refractivity contribution < 1.29 is 13.9 Å². The average molecular weight is 447 g/mol. The Labute approximate surface area is 171 Å². The Balaban J connectivity index is 1.69. The SMILES string of the molecule is COc1ccc(CCN(C)C(=O)c2nc(-c3ccc(F)cc3)nn2C)cc1Br. The molecule has 0 spiro atoms. The molecule has 0 fully saturated rings. The van der Waals surface area contributed by atoms with Gasteiger partial charge in [0.25, 0.3) is 5.91 Å². The molecule has 146 valence electrons. The van der Waals surface area contributed by atoms with Gasteiger partial charge in [-0.2, -0.15) is 5.10 Å². The van der Waals surface area contributed by atoms with Crippen molar-refractivity contribution in [1.29, 1.82) is 0 Å². The van der Waals surface area contributed by atoms with E-state index in [-0.39, 0.29) is 17.5 Å².